The minimum atomic E-state index is -0.711. The van der Waals surface area contributed by atoms with E-state index in [1.807, 2.05) is 6.92 Å². The van der Waals surface area contributed by atoms with E-state index in [4.69, 9.17) is 9.84 Å². The van der Waals surface area contributed by atoms with Crippen LogP contribution in [0.15, 0.2) is 12.7 Å². The van der Waals surface area contributed by atoms with E-state index in [0.29, 0.717) is 13.0 Å². The number of esters is 1. The molecule has 0 aliphatic carbocycles. The maximum absolute atomic E-state index is 10.6. The first kappa shape index (κ1) is 20.0. The fourth-order valence-corrected chi connectivity index (χ4v) is 1.28. The van der Waals surface area contributed by atoms with E-state index in [1.165, 1.54) is 18.9 Å². The van der Waals surface area contributed by atoms with Gasteiger partial charge in [0.1, 0.15) is 0 Å². The van der Waals surface area contributed by atoms with Gasteiger partial charge in [0.15, 0.2) is 0 Å². The van der Waals surface area contributed by atoms with E-state index < -0.39 is 5.97 Å². The number of carboxylic acid groups (broad SMARTS) is 1. The Morgan fingerprint density at radius 2 is 1.89 bits per heavy atom. The van der Waals surface area contributed by atoms with Crippen LogP contribution in [-0.2, 0) is 14.3 Å². The second-order valence-electron chi connectivity index (χ2n) is 4.76. The summed E-state index contributed by atoms with van der Waals surface area (Å²) in [7, 11) is 0. The van der Waals surface area contributed by atoms with Gasteiger partial charge in [-0.3, -0.25) is 4.79 Å². The van der Waals surface area contributed by atoms with Crippen LogP contribution in [0, 0.1) is 5.92 Å². The van der Waals surface area contributed by atoms with Crippen molar-refractivity contribution in [2.75, 3.05) is 6.61 Å². The third-order valence-corrected chi connectivity index (χ3v) is 2.30. The number of carbonyl (C=O) groups is 2. The number of aliphatic carboxylic acids is 1. The van der Waals surface area contributed by atoms with Crippen LogP contribution >= 0.6 is 0 Å². The zero-order valence-electron chi connectivity index (χ0n) is 12.5. The number of hydrogen-bond acceptors (Lipinski definition) is 3. The standard InChI is InChI=1S/C11H20O2.C4H8O2/c1-4-11(12)13-9-7-5-6-8-10(2)3;1-2-3-4(5)6/h4,10H,1,5-9H2,2-3H3;2-3H2,1H3,(H,5,6). The van der Waals surface area contributed by atoms with Crippen LogP contribution in [0.2, 0.25) is 0 Å². The number of hydrogen-bond donors (Lipinski definition) is 1. The Morgan fingerprint density at radius 1 is 1.26 bits per heavy atom. The summed E-state index contributed by atoms with van der Waals surface area (Å²) in [5, 5.41) is 7.91. The van der Waals surface area contributed by atoms with Gasteiger partial charge in [0.25, 0.3) is 0 Å². The molecule has 0 rings (SSSR count). The lowest BCUT2D eigenvalue weighted by molar-refractivity contribution is -0.138. The molecule has 0 saturated carbocycles. The molecule has 0 radical (unpaired) electrons. The van der Waals surface area contributed by atoms with E-state index in [9.17, 15) is 9.59 Å². The van der Waals surface area contributed by atoms with Crippen molar-refractivity contribution >= 4 is 11.9 Å². The zero-order valence-corrected chi connectivity index (χ0v) is 12.5. The lowest BCUT2D eigenvalue weighted by atomic mass is 10.1. The van der Waals surface area contributed by atoms with Crippen molar-refractivity contribution in [1.29, 1.82) is 0 Å². The van der Waals surface area contributed by atoms with Gasteiger partial charge in [0.2, 0.25) is 0 Å². The van der Waals surface area contributed by atoms with Crippen molar-refractivity contribution in [3.63, 3.8) is 0 Å². The summed E-state index contributed by atoms with van der Waals surface area (Å²) in [6.07, 6.45) is 6.82. The first-order valence-corrected chi connectivity index (χ1v) is 6.95. The van der Waals surface area contributed by atoms with Crippen molar-refractivity contribution in [1.82, 2.24) is 0 Å². The summed E-state index contributed by atoms with van der Waals surface area (Å²) in [6, 6.07) is 0. The highest BCUT2D eigenvalue weighted by atomic mass is 16.5. The lowest BCUT2D eigenvalue weighted by Crippen LogP contribution is -2.01. The predicted molar refractivity (Wildman–Crippen MR) is 77.0 cm³/mol. The van der Waals surface area contributed by atoms with Crippen LogP contribution in [0.3, 0.4) is 0 Å². The van der Waals surface area contributed by atoms with Gasteiger partial charge in [-0.05, 0) is 18.8 Å². The van der Waals surface area contributed by atoms with Gasteiger partial charge in [-0.15, -0.1) is 0 Å². The average Bonchev–Trinajstić information content (AvgIpc) is 2.33. The van der Waals surface area contributed by atoms with E-state index in [2.05, 4.69) is 20.4 Å². The highest BCUT2D eigenvalue weighted by molar-refractivity contribution is 5.81. The van der Waals surface area contributed by atoms with E-state index >= 15 is 0 Å². The van der Waals surface area contributed by atoms with Crippen molar-refractivity contribution in [2.24, 2.45) is 5.92 Å². The van der Waals surface area contributed by atoms with Gasteiger partial charge in [-0.2, -0.15) is 0 Å². The number of rotatable bonds is 9. The number of unbranched alkanes of at least 4 members (excludes halogenated alkanes) is 2. The quantitative estimate of drug-likeness (QED) is 0.394. The monoisotopic (exact) mass is 272 g/mol. The average molecular weight is 272 g/mol. The van der Waals surface area contributed by atoms with Crippen molar-refractivity contribution in [2.45, 2.75) is 59.3 Å². The van der Waals surface area contributed by atoms with Crippen LogP contribution < -0.4 is 0 Å². The molecule has 0 saturated heterocycles. The fraction of sp³-hybridized carbons (Fsp3) is 0.733. The predicted octanol–water partition coefficient (Wildman–Crippen LogP) is 3.80. The molecule has 0 amide bonds. The van der Waals surface area contributed by atoms with Gasteiger partial charge in [0, 0.05) is 12.5 Å². The van der Waals surface area contributed by atoms with Crippen molar-refractivity contribution < 1.29 is 19.4 Å². The Hall–Kier alpha value is -1.32. The molecule has 4 heteroatoms. The normalized spacial score (nSPS) is 9.47. The highest BCUT2D eigenvalue weighted by Gasteiger charge is 1.96. The van der Waals surface area contributed by atoms with E-state index in [-0.39, 0.29) is 5.97 Å². The summed E-state index contributed by atoms with van der Waals surface area (Å²) in [5.41, 5.74) is 0. The third-order valence-electron chi connectivity index (χ3n) is 2.30. The number of carbonyl (C=O) groups excluding carboxylic acids is 1. The smallest absolute Gasteiger partial charge is 0.330 e. The minimum absolute atomic E-state index is 0.292. The minimum Gasteiger partial charge on any atom is -0.481 e. The van der Waals surface area contributed by atoms with Gasteiger partial charge in [-0.1, -0.05) is 46.6 Å². The Kier molecular flexibility index (Phi) is 15.5. The van der Waals surface area contributed by atoms with Gasteiger partial charge in [-0.25, -0.2) is 4.79 Å². The largest absolute Gasteiger partial charge is 0.481 e. The summed E-state index contributed by atoms with van der Waals surface area (Å²) in [4.78, 5) is 20.2. The molecule has 112 valence electrons. The molecule has 0 aromatic carbocycles. The first-order chi connectivity index (χ1) is 8.93. The molecule has 4 nitrogen and oxygen atoms in total. The molecule has 0 atom stereocenters. The van der Waals surface area contributed by atoms with E-state index in [0.717, 1.165) is 25.2 Å². The molecule has 0 unspecified atom stereocenters. The fourth-order valence-electron chi connectivity index (χ4n) is 1.28. The molecular formula is C15H28O4. The maximum Gasteiger partial charge on any atom is 0.330 e. The molecule has 0 aliphatic rings. The first-order valence-electron chi connectivity index (χ1n) is 6.95. The molecule has 0 fully saturated rings. The Labute approximate surface area is 116 Å². The summed E-state index contributed by atoms with van der Waals surface area (Å²) >= 11 is 0. The van der Waals surface area contributed by atoms with Crippen molar-refractivity contribution in [3.05, 3.63) is 12.7 Å². The summed E-state index contributed by atoms with van der Waals surface area (Å²) in [5.74, 6) is -0.253. The molecule has 0 aliphatic heterocycles. The number of carboxylic acids is 1. The topological polar surface area (TPSA) is 63.6 Å². The summed E-state index contributed by atoms with van der Waals surface area (Å²) in [6.45, 7) is 10.1. The van der Waals surface area contributed by atoms with Gasteiger partial charge in [0.05, 0.1) is 6.61 Å². The molecule has 0 spiro atoms. The highest BCUT2D eigenvalue weighted by Crippen LogP contribution is 2.07. The van der Waals surface area contributed by atoms with E-state index in [1.54, 1.807) is 0 Å². The molecule has 0 heterocycles. The second kappa shape index (κ2) is 14.7. The van der Waals surface area contributed by atoms with Gasteiger partial charge >= 0.3 is 11.9 Å². The summed E-state index contributed by atoms with van der Waals surface area (Å²) < 4.78 is 4.84. The molecule has 19 heavy (non-hydrogen) atoms. The lowest BCUT2D eigenvalue weighted by Gasteiger charge is -2.04. The number of ether oxygens (including phenoxy) is 1. The van der Waals surface area contributed by atoms with Crippen LogP contribution in [0.1, 0.15) is 59.3 Å². The second-order valence-corrected chi connectivity index (χ2v) is 4.76. The Balaban J connectivity index is 0. The van der Waals surface area contributed by atoms with Crippen LogP contribution in [-0.4, -0.2) is 23.7 Å². The van der Waals surface area contributed by atoms with Crippen LogP contribution in [0.25, 0.3) is 0 Å². The molecule has 0 aromatic rings. The molecule has 1 N–H and O–H groups in total. The SMILES string of the molecule is C=CC(=O)OCCCCCC(C)C.CCCC(=O)O. The van der Waals surface area contributed by atoms with Crippen LogP contribution in [0.4, 0.5) is 0 Å². The Bertz CT molecular complexity index is 247. The molecule has 0 aromatic heterocycles. The van der Waals surface area contributed by atoms with Crippen LogP contribution in [0.5, 0.6) is 0 Å². The van der Waals surface area contributed by atoms with Crippen molar-refractivity contribution in [3.8, 4) is 0 Å². The third kappa shape index (κ3) is 22.4. The Morgan fingerprint density at radius 3 is 2.26 bits per heavy atom. The van der Waals surface area contributed by atoms with Gasteiger partial charge < -0.3 is 9.84 Å². The maximum atomic E-state index is 10.6. The zero-order chi connectivity index (χ0) is 15.1. The molecular weight excluding hydrogens is 244 g/mol. The molecule has 0 bridgehead atoms.